The van der Waals surface area contributed by atoms with E-state index in [1.54, 1.807) is 0 Å². The van der Waals surface area contributed by atoms with E-state index in [1.807, 2.05) is 13.8 Å². The Morgan fingerprint density at radius 1 is 1.31 bits per heavy atom. The van der Waals surface area contributed by atoms with E-state index in [0.29, 0.717) is 0 Å². The lowest BCUT2D eigenvalue weighted by Gasteiger charge is -2.27. The zero-order chi connectivity index (χ0) is 12.0. The third kappa shape index (κ3) is 4.49. The van der Waals surface area contributed by atoms with Gasteiger partial charge in [-0.05, 0) is 31.8 Å². The molecule has 1 rings (SSSR count). The van der Waals surface area contributed by atoms with Gasteiger partial charge in [0, 0.05) is 13.1 Å². The molecule has 1 atom stereocenters. The molecule has 0 aromatic heterocycles. The number of likely N-dealkylation sites (tertiary alicyclic amines) is 1. The van der Waals surface area contributed by atoms with E-state index in [4.69, 9.17) is 5.73 Å². The smallest absolute Gasteiger partial charge is 0.234 e. The minimum absolute atomic E-state index is 0.190. The van der Waals surface area contributed by atoms with Crippen LogP contribution in [0.5, 0.6) is 0 Å². The molecule has 0 saturated carbocycles. The van der Waals surface area contributed by atoms with Crippen molar-refractivity contribution in [2.45, 2.75) is 39.2 Å². The van der Waals surface area contributed by atoms with Crippen molar-refractivity contribution in [1.82, 2.24) is 10.2 Å². The first kappa shape index (κ1) is 13.5. The first-order chi connectivity index (χ1) is 7.61. The molecule has 0 spiro atoms. The molecule has 0 radical (unpaired) electrons. The average Bonchev–Trinajstić information content (AvgIpc) is 2.24. The van der Waals surface area contributed by atoms with Gasteiger partial charge >= 0.3 is 0 Å². The van der Waals surface area contributed by atoms with E-state index in [2.05, 4.69) is 10.2 Å². The minimum Gasteiger partial charge on any atom is -0.368 e. The SMILES string of the molecule is CC(C)C(NCCN1CCCCC1)C(N)=O. The number of hydrogen-bond acceptors (Lipinski definition) is 3. The van der Waals surface area contributed by atoms with E-state index in [9.17, 15) is 4.79 Å². The maximum Gasteiger partial charge on any atom is 0.234 e. The summed E-state index contributed by atoms with van der Waals surface area (Å²) in [7, 11) is 0. The maximum absolute atomic E-state index is 11.2. The van der Waals surface area contributed by atoms with Crippen LogP contribution < -0.4 is 11.1 Å². The molecule has 94 valence electrons. The summed E-state index contributed by atoms with van der Waals surface area (Å²) in [6.45, 7) is 8.31. The number of amides is 1. The molecule has 1 aliphatic heterocycles. The molecular weight excluding hydrogens is 202 g/mol. The van der Waals surface area contributed by atoms with Crippen LogP contribution in [0.4, 0.5) is 0 Å². The summed E-state index contributed by atoms with van der Waals surface area (Å²) in [5, 5.41) is 3.25. The highest BCUT2D eigenvalue weighted by Gasteiger charge is 2.18. The molecule has 0 bridgehead atoms. The molecule has 1 unspecified atom stereocenters. The van der Waals surface area contributed by atoms with E-state index in [1.165, 1.54) is 32.4 Å². The summed E-state index contributed by atoms with van der Waals surface area (Å²) in [6, 6.07) is -0.190. The van der Waals surface area contributed by atoms with Gasteiger partial charge in [-0.1, -0.05) is 20.3 Å². The van der Waals surface area contributed by atoms with Crippen LogP contribution in [0.3, 0.4) is 0 Å². The Kier molecular flexibility index (Phi) is 5.77. The Morgan fingerprint density at radius 2 is 1.94 bits per heavy atom. The molecule has 1 aliphatic rings. The molecule has 4 nitrogen and oxygen atoms in total. The minimum atomic E-state index is -0.242. The molecule has 3 N–H and O–H groups in total. The van der Waals surface area contributed by atoms with Crippen LogP contribution in [0.1, 0.15) is 33.1 Å². The van der Waals surface area contributed by atoms with Crippen molar-refractivity contribution in [2.75, 3.05) is 26.2 Å². The fourth-order valence-electron chi connectivity index (χ4n) is 2.23. The van der Waals surface area contributed by atoms with Crippen LogP contribution in [-0.4, -0.2) is 43.0 Å². The van der Waals surface area contributed by atoms with Crippen molar-refractivity contribution in [3.05, 3.63) is 0 Å². The van der Waals surface area contributed by atoms with Gasteiger partial charge in [0.05, 0.1) is 6.04 Å². The van der Waals surface area contributed by atoms with Gasteiger partial charge in [-0.15, -0.1) is 0 Å². The third-order valence-electron chi connectivity index (χ3n) is 3.21. The Morgan fingerprint density at radius 3 is 2.44 bits per heavy atom. The van der Waals surface area contributed by atoms with Crippen LogP contribution in [0.2, 0.25) is 0 Å². The molecule has 4 heteroatoms. The number of nitrogens with two attached hydrogens (primary N) is 1. The number of rotatable bonds is 6. The molecule has 0 aliphatic carbocycles. The molecule has 1 fully saturated rings. The summed E-state index contributed by atoms with van der Waals surface area (Å²) >= 11 is 0. The highest BCUT2D eigenvalue weighted by atomic mass is 16.1. The van der Waals surface area contributed by atoms with Crippen LogP contribution in [0.25, 0.3) is 0 Å². The molecule has 0 aromatic carbocycles. The Labute approximate surface area is 98.6 Å². The summed E-state index contributed by atoms with van der Waals surface area (Å²) in [5.74, 6) is 0.0208. The van der Waals surface area contributed by atoms with Gasteiger partial charge < -0.3 is 16.0 Å². The van der Waals surface area contributed by atoms with Crippen molar-refractivity contribution in [3.63, 3.8) is 0 Å². The summed E-state index contributed by atoms with van der Waals surface area (Å²) < 4.78 is 0. The van der Waals surface area contributed by atoms with E-state index in [0.717, 1.165) is 13.1 Å². The number of nitrogens with one attached hydrogen (secondary N) is 1. The van der Waals surface area contributed by atoms with Gasteiger partial charge in [0.2, 0.25) is 5.91 Å². The quantitative estimate of drug-likeness (QED) is 0.697. The van der Waals surface area contributed by atoms with Gasteiger partial charge in [-0.3, -0.25) is 4.79 Å². The van der Waals surface area contributed by atoms with Gasteiger partial charge in [0.15, 0.2) is 0 Å². The van der Waals surface area contributed by atoms with Crippen LogP contribution in [-0.2, 0) is 4.79 Å². The molecule has 16 heavy (non-hydrogen) atoms. The first-order valence-corrected chi connectivity index (χ1v) is 6.36. The van der Waals surface area contributed by atoms with Crippen molar-refractivity contribution in [2.24, 2.45) is 11.7 Å². The second kappa shape index (κ2) is 6.86. The molecular formula is C12H25N3O. The number of carbonyl (C=O) groups excluding carboxylic acids is 1. The lowest BCUT2D eigenvalue weighted by atomic mass is 10.0. The Bertz CT molecular complexity index is 212. The monoisotopic (exact) mass is 227 g/mol. The second-order valence-electron chi connectivity index (χ2n) is 4.98. The van der Waals surface area contributed by atoms with Crippen LogP contribution >= 0.6 is 0 Å². The van der Waals surface area contributed by atoms with Gasteiger partial charge in [0.25, 0.3) is 0 Å². The standard InChI is InChI=1S/C12H25N3O/c1-10(2)11(12(13)16)14-6-9-15-7-4-3-5-8-15/h10-11,14H,3-9H2,1-2H3,(H2,13,16). The van der Waals surface area contributed by atoms with Crippen molar-refractivity contribution < 1.29 is 4.79 Å². The molecule has 1 amide bonds. The van der Waals surface area contributed by atoms with Crippen molar-refractivity contribution in [3.8, 4) is 0 Å². The number of piperidine rings is 1. The largest absolute Gasteiger partial charge is 0.368 e. The lowest BCUT2D eigenvalue weighted by Crippen LogP contribution is -2.47. The normalized spacial score (nSPS) is 19.9. The summed E-state index contributed by atoms with van der Waals surface area (Å²) in [4.78, 5) is 13.6. The molecule has 0 aromatic rings. The third-order valence-corrected chi connectivity index (χ3v) is 3.21. The zero-order valence-corrected chi connectivity index (χ0v) is 10.5. The Balaban J connectivity index is 2.19. The fourth-order valence-corrected chi connectivity index (χ4v) is 2.23. The summed E-state index contributed by atoms with van der Waals surface area (Å²) in [6.07, 6.45) is 3.98. The van der Waals surface area contributed by atoms with E-state index in [-0.39, 0.29) is 17.9 Å². The molecule has 1 heterocycles. The number of hydrogen-bond donors (Lipinski definition) is 2. The van der Waals surface area contributed by atoms with E-state index >= 15 is 0 Å². The van der Waals surface area contributed by atoms with E-state index < -0.39 is 0 Å². The van der Waals surface area contributed by atoms with Gasteiger partial charge in [0.1, 0.15) is 0 Å². The van der Waals surface area contributed by atoms with Crippen molar-refractivity contribution in [1.29, 1.82) is 0 Å². The van der Waals surface area contributed by atoms with Crippen molar-refractivity contribution >= 4 is 5.91 Å². The lowest BCUT2D eigenvalue weighted by molar-refractivity contribution is -0.121. The predicted octanol–water partition coefficient (Wildman–Crippen LogP) is 0.572. The maximum atomic E-state index is 11.2. The first-order valence-electron chi connectivity index (χ1n) is 6.36. The van der Waals surface area contributed by atoms with Gasteiger partial charge in [-0.2, -0.15) is 0 Å². The average molecular weight is 227 g/mol. The summed E-state index contributed by atoms with van der Waals surface area (Å²) in [5.41, 5.74) is 5.34. The number of nitrogens with zero attached hydrogens (tertiary/aromatic N) is 1. The Hall–Kier alpha value is -0.610. The second-order valence-corrected chi connectivity index (χ2v) is 4.98. The fraction of sp³-hybridized carbons (Fsp3) is 0.917. The zero-order valence-electron chi connectivity index (χ0n) is 10.5. The topological polar surface area (TPSA) is 58.4 Å². The predicted molar refractivity (Wildman–Crippen MR) is 66.1 cm³/mol. The highest BCUT2D eigenvalue weighted by Crippen LogP contribution is 2.07. The number of carbonyl (C=O) groups is 1. The van der Waals surface area contributed by atoms with Gasteiger partial charge in [-0.25, -0.2) is 0 Å². The van der Waals surface area contributed by atoms with Crippen LogP contribution in [0.15, 0.2) is 0 Å². The highest BCUT2D eigenvalue weighted by molar-refractivity contribution is 5.80. The number of primary amides is 1. The van der Waals surface area contributed by atoms with Crippen LogP contribution in [0, 0.1) is 5.92 Å². The molecule has 1 saturated heterocycles.